The van der Waals surface area contributed by atoms with E-state index >= 15 is 0 Å². The van der Waals surface area contributed by atoms with Crippen molar-refractivity contribution in [2.24, 2.45) is 5.92 Å². The summed E-state index contributed by atoms with van der Waals surface area (Å²) in [5, 5.41) is 15.4. The first-order chi connectivity index (χ1) is 9.11. The summed E-state index contributed by atoms with van der Waals surface area (Å²) in [5.74, 6) is 1.02. The maximum absolute atomic E-state index is 11.1. The smallest absolute Gasteiger partial charge is 0.162 e. The van der Waals surface area contributed by atoms with Crippen LogP contribution in [-0.2, 0) is 12.1 Å². The fraction of sp³-hybridized carbons (Fsp3) is 0.800. The predicted octanol–water partition coefficient (Wildman–Crippen LogP) is 3.09. The standard InChI is InChI=1S/C15H26N2O2/c1-4-10-17-14(13(19-3)11-16-17)15(2,18)12-8-6-5-7-9-12/h11-12,18H,4-10H2,1-3H3. The Bertz CT molecular complexity index is 406. The van der Waals surface area contributed by atoms with Crippen molar-refractivity contribution >= 4 is 0 Å². The zero-order valence-electron chi connectivity index (χ0n) is 12.4. The summed E-state index contributed by atoms with van der Waals surface area (Å²) < 4.78 is 7.32. The zero-order chi connectivity index (χ0) is 13.9. The van der Waals surface area contributed by atoms with Crippen molar-refractivity contribution in [2.75, 3.05) is 7.11 Å². The van der Waals surface area contributed by atoms with Crippen LogP contribution in [0.2, 0.25) is 0 Å². The van der Waals surface area contributed by atoms with Crippen molar-refractivity contribution < 1.29 is 9.84 Å². The largest absolute Gasteiger partial charge is 0.493 e. The van der Waals surface area contributed by atoms with Gasteiger partial charge in [-0.05, 0) is 32.1 Å². The number of aryl methyl sites for hydroxylation is 1. The maximum Gasteiger partial charge on any atom is 0.162 e. The third kappa shape index (κ3) is 2.78. The van der Waals surface area contributed by atoms with Crippen molar-refractivity contribution in [3.63, 3.8) is 0 Å². The molecular formula is C15H26N2O2. The fourth-order valence-corrected chi connectivity index (χ4v) is 3.27. The second-order valence-corrected chi connectivity index (χ2v) is 5.77. The van der Waals surface area contributed by atoms with Crippen LogP contribution in [0.5, 0.6) is 5.75 Å². The van der Waals surface area contributed by atoms with E-state index in [0.29, 0.717) is 11.7 Å². The van der Waals surface area contributed by atoms with E-state index in [0.717, 1.165) is 31.5 Å². The Labute approximate surface area is 115 Å². The maximum atomic E-state index is 11.1. The van der Waals surface area contributed by atoms with Crippen molar-refractivity contribution in [2.45, 2.75) is 64.5 Å². The molecule has 0 saturated heterocycles. The summed E-state index contributed by atoms with van der Waals surface area (Å²) >= 11 is 0. The second kappa shape index (κ2) is 5.95. The van der Waals surface area contributed by atoms with Crippen LogP contribution < -0.4 is 4.74 Å². The lowest BCUT2D eigenvalue weighted by Crippen LogP contribution is -2.36. The molecule has 1 saturated carbocycles. The molecule has 0 aromatic carbocycles. The summed E-state index contributed by atoms with van der Waals surface area (Å²) in [6.07, 6.45) is 8.62. The minimum absolute atomic E-state index is 0.308. The van der Waals surface area contributed by atoms with E-state index in [9.17, 15) is 5.11 Å². The van der Waals surface area contributed by atoms with E-state index in [1.54, 1.807) is 13.3 Å². The number of aromatic nitrogens is 2. The molecule has 0 amide bonds. The monoisotopic (exact) mass is 266 g/mol. The number of hydrogen-bond donors (Lipinski definition) is 1. The summed E-state index contributed by atoms with van der Waals surface area (Å²) in [6.45, 7) is 4.86. The van der Waals surface area contributed by atoms with E-state index in [1.165, 1.54) is 19.3 Å². The number of hydrogen-bond acceptors (Lipinski definition) is 3. The average molecular weight is 266 g/mol. The third-order valence-corrected chi connectivity index (χ3v) is 4.34. The molecule has 0 aliphatic heterocycles. The van der Waals surface area contributed by atoms with E-state index in [1.807, 2.05) is 11.6 Å². The Morgan fingerprint density at radius 3 is 2.68 bits per heavy atom. The topological polar surface area (TPSA) is 47.3 Å². The fourth-order valence-electron chi connectivity index (χ4n) is 3.27. The van der Waals surface area contributed by atoms with Crippen LogP contribution in [0, 0.1) is 5.92 Å². The highest BCUT2D eigenvalue weighted by molar-refractivity contribution is 5.31. The van der Waals surface area contributed by atoms with E-state index in [-0.39, 0.29) is 0 Å². The first-order valence-electron chi connectivity index (χ1n) is 7.43. The molecule has 108 valence electrons. The highest BCUT2D eigenvalue weighted by Gasteiger charge is 2.39. The molecule has 0 bridgehead atoms. The molecule has 2 rings (SSSR count). The number of nitrogens with zero attached hydrogens (tertiary/aromatic N) is 2. The van der Waals surface area contributed by atoms with Crippen LogP contribution in [-0.4, -0.2) is 22.0 Å². The number of methoxy groups -OCH3 is 1. The van der Waals surface area contributed by atoms with Gasteiger partial charge in [0.15, 0.2) is 5.75 Å². The highest BCUT2D eigenvalue weighted by Crippen LogP contribution is 2.42. The van der Waals surface area contributed by atoms with Crippen molar-refractivity contribution in [3.05, 3.63) is 11.9 Å². The van der Waals surface area contributed by atoms with Gasteiger partial charge in [-0.3, -0.25) is 4.68 Å². The quantitative estimate of drug-likeness (QED) is 0.891. The minimum Gasteiger partial charge on any atom is -0.493 e. The molecule has 0 spiro atoms. The molecule has 1 heterocycles. The minimum atomic E-state index is -0.850. The van der Waals surface area contributed by atoms with Gasteiger partial charge in [0.2, 0.25) is 0 Å². The van der Waals surface area contributed by atoms with Crippen molar-refractivity contribution in [1.82, 2.24) is 9.78 Å². The van der Waals surface area contributed by atoms with Gasteiger partial charge < -0.3 is 9.84 Å². The molecule has 1 atom stereocenters. The van der Waals surface area contributed by atoms with Crippen LogP contribution in [0.1, 0.15) is 58.1 Å². The molecule has 1 N–H and O–H groups in total. The van der Waals surface area contributed by atoms with Crippen LogP contribution in [0.15, 0.2) is 6.20 Å². The van der Waals surface area contributed by atoms with Gasteiger partial charge in [-0.15, -0.1) is 0 Å². The van der Waals surface area contributed by atoms with Gasteiger partial charge in [0, 0.05) is 6.54 Å². The molecule has 0 radical (unpaired) electrons. The lowest BCUT2D eigenvalue weighted by atomic mass is 9.76. The summed E-state index contributed by atoms with van der Waals surface area (Å²) in [6, 6.07) is 0. The Hall–Kier alpha value is -1.03. The van der Waals surface area contributed by atoms with Crippen molar-refractivity contribution in [3.8, 4) is 5.75 Å². The van der Waals surface area contributed by atoms with Gasteiger partial charge >= 0.3 is 0 Å². The number of aliphatic hydroxyl groups is 1. The van der Waals surface area contributed by atoms with Gasteiger partial charge in [-0.1, -0.05) is 26.2 Å². The number of rotatable bonds is 5. The molecule has 19 heavy (non-hydrogen) atoms. The molecule has 1 aliphatic rings. The molecule has 4 heteroatoms. The van der Waals surface area contributed by atoms with Gasteiger partial charge in [-0.2, -0.15) is 5.10 Å². The molecule has 1 aliphatic carbocycles. The van der Waals surface area contributed by atoms with Crippen LogP contribution in [0.4, 0.5) is 0 Å². The molecule has 1 unspecified atom stereocenters. The van der Waals surface area contributed by atoms with E-state index in [4.69, 9.17) is 4.74 Å². The molecule has 4 nitrogen and oxygen atoms in total. The van der Waals surface area contributed by atoms with Crippen LogP contribution in [0.3, 0.4) is 0 Å². The highest BCUT2D eigenvalue weighted by atomic mass is 16.5. The third-order valence-electron chi connectivity index (χ3n) is 4.34. The van der Waals surface area contributed by atoms with Crippen molar-refractivity contribution in [1.29, 1.82) is 0 Å². The summed E-state index contributed by atoms with van der Waals surface area (Å²) in [4.78, 5) is 0. The van der Waals surface area contributed by atoms with Crippen LogP contribution >= 0.6 is 0 Å². The molecule has 1 fully saturated rings. The Balaban J connectivity index is 2.33. The lowest BCUT2D eigenvalue weighted by Gasteiger charge is -2.36. The molecule has 1 aromatic rings. The summed E-state index contributed by atoms with van der Waals surface area (Å²) in [7, 11) is 1.65. The van der Waals surface area contributed by atoms with Gasteiger partial charge in [-0.25, -0.2) is 0 Å². The van der Waals surface area contributed by atoms with Crippen LogP contribution in [0.25, 0.3) is 0 Å². The zero-order valence-corrected chi connectivity index (χ0v) is 12.4. The SMILES string of the molecule is CCCn1ncc(OC)c1C(C)(O)C1CCCCC1. The Morgan fingerprint density at radius 1 is 1.42 bits per heavy atom. The molecular weight excluding hydrogens is 240 g/mol. The second-order valence-electron chi connectivity index (χ2n) is 5.77. The Kier molecular flexibility index (Phi) is 4.50. The Morgan fingerprint density at radius 2 is 2.11 bits per heavy atom. The molecule has 1 aromatic heterocycles. The van der Waals surface area contributed by atoms with Gasteiger partial charge in [0.1, 0.15) is 11.3 Å². The predicted molar refractivity (Wildman–Crippen MR) is 75.2 cm³/mol. The normalized spacial score (nSPS) is 20.2. The van der Waals surface area contributed by atoms with E-state index in [2.05, 4.69) is 12.0 Å². The lowest BCUT2D eigenvalue weighted by molar-refractivity contribution is -0.0306. The summed E-state index contributed by atoms with van der Waals surface area (Å²) in [5.41, 5.74) is 0.000926. The van der Waals surface area contributed by atoms with Gasteiger partial charge in [0.25, 0.3) is 0 Å². The first kappa shape index (κ1) is 14.4. The van der Waals surface area contributed by atoms with E-state index < -0.39 is 5.60 Å². The first-order valence-corrected chi connectivity index (χ1v) is 7.43. The number of ether oxygens (including phenoxy) is 1. The van der Waals surface area contributed by atoms with Gasteiger partial charge in [0.05, 0.1) is 13.3 Å². The average Bonchev–Trinajstić information content (AvgIpc) is 2.84.